The number of rotatable bonds is 14. The largest absolute Gasteiger partial charge is 0.494 e. The number of amides is 2. The van der Waals surface area contributed by atoms with Crippen LogP contribution < -0.4 is 10.1 Å². The fourth-order valence-electron chi connectivity index (χ4n) is 4.22. The van der Waals surface area contributed by atoms with Crippen LogP contribution in [0.5, 0.6) is 5.75 Å². The van der Waals surface area contributed by atoms with Crippen molar-refractivity contribution in [1.82, 2.24) is 10.2 Å². The summed E-state index contributed by atoms with van der Waals surface area (Å²) in [6.45, 7) is 7.62. The zero-order valence-electron chi connectivity index (χ0n) is 22.4. The molecule has 0 aliphatic carbocycles. The summed E-state index contributed by atoms with van der Waals surface area (Å²) in [6.07, 6.45) is 3.26. The van der Waals surface area contributed by atoms with E-state index in [1.54, 1.807) is 4.90 Å². The molecule has 3 rings (SSSR count). The molecule has 5 nitrogen and oxygen atoms in total. The van der Waals surface area contributed by atoms with E-state index in [4.69, 9.17) is 4.74 Å². The van der Waals surface area contributed by atoms with Crippen LogP contribution in [0.25, 0.3) is 0 Å². The van der Waals surface area contributed by atoms with Gasteiger partial charge < -0.3 is 15.0 Å². The van der Waals surface area contributed by atoms with Gasteiger partial charge in [0.05, 0.1) is 6.61 Å². The fourth-order valence-corrected chi connectivity index (χ4v) is 4.22. The zero-order chi connectivity index (χ0) is 26.5. The number of hydrogen-bond acceptors (Lipinski definition) is 3. The predicted molar refractivity (Wildman–Crippen MR) is 149 cm³/mol. The molecule has 1 N–H and O–H groups in total. The minimum atomic E-state index is -0.593. The van der Waals surface area contributed by atoms with Crippen LogP contribution in [-0.4, -0.2) is 35.9 Å². The first-order valence-corrected chi connectivity index (χ1v) is 13.3. The molecule has 0 saturated carbocycles. The lowest BCUT2D eigenvalue weighted by molar-refractivity contribution is -0.141. The highest BCUT2D eigenvalue weighted by Gasteiger charge is 2.30. The van der Waals surface area contributed by atoms with Gasteiger partial charge in [-0.05, 0) is 55.5 Å². The molecule has 0 heterocycles. The maximum absolute atomic E-state index is 13.7. The van der Waals surface area contributed by atoms with Gasteiger partial charge in [0, 0.05) is 25.9 Å². The average molecular weight is 501 g/mol. The van der Waals surface area contributed by atoms with Gasteiger partial charge in [0.25, 0.3) is 0 Å². The first kappa shape index (κ1) is 28.0. The normalized spacial score (nSPS) is 11.5. The van der Waals surface area contributed by atoms with Crippen molar-refractivity contribution in [2.24, 2.45) is 0 Å². The minimum absolute atomic E-state index is 0.0395. The SMILES string of the molecule is CCCCNC(=O)[C@@H](Cc1ccccc1)N(Cc1ccccc1C)C(=O)CCCOc1ccc(C)cc1. The number of benzene rings is 3. The molecule has 37 heavy (non-hydrogen) atoms. The number of carbonyl (C=O) groups excluding carboxylic acids is 2. The topological polar surface area (TPSA) is 58.6 Å². The van der Waals surface area contributed by atoms with E-state index in [2.05, 4.69) is 12.2 Å². The lowest BCUT2D eigenvalue weighted by Gasteiger charge is -2.32. The van der Waals surface area contributed by atoms with Gasteiger partial charge >= 0.3 is 0 Å². The van der Waals surface area contributed by atoms with E-state index in [-0.39, 0.29) is 11.8 Å². The molecule has 0 saturated heterocycles. The first-order chi connectivity index (χ1) is 18.0. The monoisotopic (exact) mass is 500 g/mol. The quantitative estimate of drug-likeness (QED) is 0.275. The van der Waals surface area contributed by atoms with Gasteiger partial charge in [0.15, 0.2) is 0 Å². The maximum Gasteiger partial charge on any atom is 0.243 e. The third-order valence-corrected chi connectivity index (χ3v) is 6.53. The Morgan fingerprint density at radius 3 is 2.30 bits per heavy atom. The Kier molecular flexibility index (Phi) is 11.2. The molecule has 0 aliphatic rings. The second-order valence-electron chi connectivity index (χ2n) is 9.56. The van der Waals surface area contributed by atoms with Crippen LogP contribution in [0.1, 0.15) is 54.9 Å². The van der Waals surface area contributed by atoms with E-state index in [9.17, 15) is 9.59 Å². The standard InChI is InChI=1S/C32H40N2O3/c1-4-5-21-33-32(36)30(23-27-13-7-6-8-14-27)34(24-28-15-10-9-12-26(28)3)31(35)16-11-22-37-29-19-17-25(2)18-20-29/h6-10,12-15,17-20,30H,4-5,11,16,21-24H2,1-3H3,(H,33,36)/t30-/m1/s1. The van der Waals surface area contributed by atoms with Crippen molar-refractivity contribution in [3.05, 3.63) is 101 Å². The van der Waals surface area contributed by atoms with Crippen molar-refractivity contribution in [2.75, 3.05) is 13.2 Å². The highest BCUT2D eigenvalue weighted by Crippen LogP contribution is 2.19. The van der Waals surface area contributed by atoms with E-state index >= 15 is 0 Å². The molecule has 3 aromatic carbocycles. The summed E-state index contributed by atoms with van der Waals surface area (Å²) in [5.41, 5.74) is 4.36. The Labute approximate surface area is 221 Å². The molecule has 0 spiro atoms. The van der Waals surface area contributed by atoms with Crippen molar-refractivity contribution >= 4 is 11.8 Å². The van der Waals surface area contributed by atoms with E-state index < -0.39 is 6.04 Å². The molecule has 2 amide bonds. The number of aryl methyl sites for hydroxylation is 2. The summed E-state index contributed by atoms with van der Waals surface area (Å²) in [6, 6.07) is 25.3. The van der Waals surface area contributed by atoms with Crippen molar-refractivity contribution in [3.63, 3.8) is 0 Å². The van der Waals surface area contributed by atoms with Crippen LogP contribution in [0.2, 0.25) is 0 Å². The van der Waals surface area contributed by atoms with Crippen LogP contribution in [0, 0.1) is 13.8 Å². The van der Waals surface area contributed by atoms with Gasteiger partial charge in [0.2, 0.25) is 11.8 Å². The predicted octanol–water partition coefficient (Wildman–Crippen LogP) is 6.02. The van der Waals surface area contributed by atoms with E-state index in [1.807, 2.05) is 92.7 Å². The molecule has 0 radical (unpaired) electrons. The molecular formula is C32H40N2O3. The Morgan fingerprint density at radius 2 is 1.59 bits per heavy atom. The van der Waals surface area contributed by atoms with Crippen molar-refractivity contribution in [1.29, 1.82) is 0 Å². The average Bonchev–Trinajstić information content (AvgIpc) is 2.91. The van der Waals surface area contributed by atoms with Crippen LogP contribution in [0.3, 0.4) is 0 Å². The molecule has 5 heteroatoms. The Hall–Kier alpha value is -3.60. The van der Waals surface area contributed by atoms with Crippen LogP contribution in [0.4, 0.5) is 0 Å². The molecule has 0 unspecified atom stereocenters. The number of ether oxygens (including phenoxy) is 1. The van der Waals surface area contributed by atoms with Crippen LogP contribution in [-0.2, 0) is 22.6 Å². The van der Waals surface area contributed by atoms with Gasteiger partial charge in [-0.3, -0.25) is 9.59 Å². The molecule has 0 fully saturated rings. The van der Waals surface area contributed by atoms with Crippen molar-refractivity contribution in [2.45, 2.75) is 65.5 Å². The summed E-state index contributed by atoms with van der Waals surface area (Å²) in [4.78, 5) is 28.9. The zero-order valence-corrected chi connectivity index (χ0v) is 22.4. The highest BCUT2D eigenvalue weighted by molar-refractivity contribution is 5.88. The second kappa shape index (κ2) is 14.8. The Bertz CT molecular complexity index is 1110. The van der Waals surface area contributed by atoms with Gasteiger partial charge in [-0.1, -0.05) is 85.6 Å². The molecule has 196 valence electrons. The lowest BCUT2D eigenvalue weighted by atomic mass is 10.0. The summed E-state index contributed by atoms with van der Waals surface area (Å²) in [5, 5.41) is 3.08. The molecule has 3 aromatic rings. The van der Waals surface area contributed by atoms with E-state index in [1.165, 1.54) is 5.56 Å². The summed E-state index contributed by atoms with van der Waals surface area (Å²) >= 11 is 0. The third kappa shape index (κ3) is 9.09. The summed E-state index contributed by atoms with van der Waals surface area (Å²) < 4.78 is 5.85. The fraction of sp³-hybridized carbons (Fsp3) is 0.375. The molecular weight excluding hydrogens is 460 g/mol. The van der Waals surface area contributed by atoms with Gasteiger partial charge in [0.1, 0.15) is 11.8 Å². The number of carbonyl (C=O) groups is 2. The molecule has 0 bridgehead atoms. The Morgan fingerprint density at radius 1 is 0.892 bits per heavy atom. The Balaban J connectivity index is 1.78. The highest BCUT2D eigenvalue weighted by atomic mass is 16.5. The van der Waals surface area contributed by atoms with E-state index in [0.717, 1.165) is 35.3 Å². The first-order valence-electron chi connectivity index (χ1n) is 13.3. The second-order valence-corrected chi connectivity index (χ2v) is 9.56. The third-order valence-electron chi connectivity index (χ3n) is 6.53. The number of hydrogen-bond donors (Lipinski definition) is 1. The van der Waals surface area contributed by atoms with Crippen molar-refractivity contribution < 1.29 is 14.3 Å². The van der Waals surface area contributed by atoms with E-state index in [0.29, 0.717) is 39.0 Å². The van der Waals surface area contributed by atoms with Gasteiger partial charge in [-0.25, -0.2) is 0 Å². The van der Waals surface area contributed by atoms with Crippen molar-refractivity contribution in [3.8, 4) is 5.75 Å². The number of nitrogens with zero attached hydrogens (tertiary/aromatic N) is 1. The molecule has 0 aliphatic heterocycles. The number of unbranched alkanes of at least 4 members (excludes halogenated alkanes) is 1. The summed E-state index contributed by atoms with van der Waals surface area (Å²) in [5.74, 6) is 0.657. The lowest BCUT2D eigenvalue weighted by Crippen LogP contribution is -2.50. The number of nitrogens with one attached hydrogen (secondary N) is 1. The van der Waals surface area contributed by atoms with Crippen LogP contribution in [0.15, 0.2) is 78.9 Å². The van der Waals surface area contributed by atoms with Crippen LogP contribution >= 0.6 is 0 Å². The van der Waals surface area contributed by atoms with Gasteiger partial charge in [-0.15, -0.1) is 0 Å². The summed E-state index contributed by atoms with van der Waals surface area (Å²) in [7, 11) is 0. The smallest absolute Gasteiger partial charge is 0.243 e. The van der Waals surface area contributed by atoms with Gasteiger partial charge in [-0.2, -0.15) is 0 Å². The maximum atomic E-state index is 13.7. The molecule has 0 aromatic heterocycles. The molecule has 1 atom stereocenters. The minimum Gasteiger partial charge on any atom is -0.494 e.